The van der Waals surface area contributed by atoms with Gasteiger partial charge in [0.1, 0.15) is 0 Å². The Bertz CT molecular complexity index is 400. The van der Waals surface area contributed by atoms with E-state index in [2.05, 4.69) is 5.32 Å². The van der Waals surface area contributed by atoms with Crippen LogP contribution in [0, 0.1) is 5.41 Å². The lowest BCUT2D eigenvalue weighted by Gasteiger charge is -2.22. The number of hydrogen-bond donors (Lipinski definition) is 2. The quantitative estimate of drug-likeness (QED) is 0.848. The van der Waals surface area contributed by atoms with Crippen LogP contribution in [0.3, 0.4) is 0 Å². The molecule has 1 atom stereocenters. The van der Waals surface area contributed by atoms with Crippen LogP contribution in [0.15, 0.2) is 24.3 Å². The van der Waals surface area contributed by atoms with Gasteiger partial charge in [-0.2, -0.15) is 0 Å². The highest BCUT2D eigenvalue weighted by molar-refractivity contribution is 6.30. The van der Waals surface area contributed by atoms with E-state index in [1.54, 1.807) is 6.07 Å². The molecule has 0 radical (unpaired) electrons. The summed E-state index contributed by atoms with van der Waals surface area (Å²) in [6.07, 6.45) is 1.21. The largest absolute Gasteiger partial charge is 0.481 e. The van der Waals surface area contributed by atoms with Gasteiger partial charge < -0.3 is 10.4 Å². The second-order valence-electron chi connectivity index (χ2n) is 4.32. The minimum absolute atomic E-state index is 0.537. The molecule has 1 aliphatic rings. The molecule has 0 aliphatic carbocycles. The van der Waals surface area contributed by atoms with Crippen LogP contribution in [0.4, 0.5) is 0 Å². The van der Waals surface area contributed by atoms with E-state index in [-0.39, 0.29) is 0 Å². The van der Waals surface area contributed by atoms with E-state index in [4.69, 9.17) is 11.6 Å². The molecule has 0 amide bonds. The zero-order valence-corrected chi connectivity index (χ0v) is 9.63. The molecule has 86 valence electrons. The topological polar surface area (TPSA) is 49.3 Å². The molecule has 1 aliphatic heterocycles. The lowest BCUT2D eigenvalue weighted by Crippen LogP contribution is -2.35. The van der Waals surface area contributed by atoms with Gasteiger partial charge in [0.2, 0.25) is 0 Å². The second kappa shape index (κ2) is 4.44. The van der Waals surface area contributed by atoms with Crippen LogP contribution < -0.4 is 5.32 Å². The molecule has 2 rings (SSSR count). The van der Waals surface area contributed by atoms with Gasteiger partial charge >= 0.3 is 5.97 Å². The van der Waals surface area contributed by atoms with Gasteiger partial charge in [-0.1, -0.05) is 23.7 Å². The Kier molecular flexibility index (Phi) is 3.17. The van der Waals surface area contributed by atoms with Gasteiger partial charge in [-0.3, -0.25) is 4.79 Å². The van der Waals surface area contributed by atoms with E-state index in [0.717, 1.165) is 12.1 Å². The van der Waals surface area contributed by atoms with Crippen LogP contribution in [0.5, 0.6) is 0 Å². The number of carbonyl (C=O) groups is 1. The number of halogens is 1. The first kappa shape index (κ1) is 11.4. The molecule has 16 heavy (non-hydrogen) atoms. The highest BCUT2D eigenvalue weighted by Gasteiger charge is 2.41. The molecule has 0 spiro atoms. The van der Waals surface area contributed by atoms with Crippen molar-refractivity contribution in [3.05, 3.63) is 34.9 Å². The van der Waals surface area contributed by atoms with Gasteiger partial charge in [0.05, 0.1) is 5.41 Å². The smallest absolute Gasteiger partial charge is 0.311 e. The van der Waals surface area contributed by atoms with Crippen LogP contribution in [-0.4, -0.2) is 24.2 Å². The minimum atomic E-state index is -0.725. The van der Waals surface area contributed by atoms with E-state index >= 15 is 0 Å². The van der Waals surface area contributed by atoms with Crippen molar-refractivity contribution in [3.8, 4) is 0 Å². The Morgan fingerprint density at radius 3 is 2.94 bits per heavy atom. The third-order valence-corrected chi connectivity index (χ3v) is 3.36. The van der Waals surface area contributed by atoms with Crippen molar-refractivity contribution in [1.82, 2.24) is 5.32 Å². The Morgan fingerprint density at radius 1 is 1.56 bits per heavy atom. The fraction of sp³-hybridized carbons (Fsp3) is 0.417. The third-order valence-electron chi connectivity index (χ3n) is 3.13. The number of nitrogens with one attached hydrogen (secondary N) is 1. The third kappa shape index (κ3) is 2.20. The number of hydrogen-bond acceptors (Lipinski definition) is 2. The fourth-order valence-corrected chi connectivity index (χ4v) is 2.40. The summed E-state index contributed by atoms with van der Waals surface area (Å²) in [5, 5.41) is 13.1. The lowest BCUT2D eigenvalue weighted by atomic mass is 9.81. The predicted molar refractivity (Wildman–Crippen MR) is 62.7 cm³/mol. The summed E-state index contributed by atoms with van der Waals surface area (Å²) in [5.74, 6) is -0.725. The average molecular weight is 240 g/mol. The summed E-state index contributed by atoms with van der Waals surface area (Å²) in [5.41, 5.74) is 0.323. The molecular weight excluding hydrogens is 226 g/mol. The van der Waals surface area contributed by atoms with E-state index < -0.39 is 11.4 Å². The Balaban J connectivity index is 2.21. The Hall–Kier alpha value is -1.06. The van der Waals surface area contributed by atoms with Crippen molar-refractivity contribution in [2.75, 3.05) is 13.1 Å². The van der Waals surface area contributed by atoms with Crippen molar-refractivity contribution in [3.63, 3.8) is 0 Å². The van der Waals surface area contributed by atoms with E-state index in [1.165, 1.54) is 0 Å². The molecule has 1 fully saturated rings. The first-order valence-corrected chi connectivity index (χ1v) is 5.69. The van der Waals surface area contributed by atoms with Gasteiger partial charge in [-0.15, -0.1) is 0 Å². The normalized spacial score (nSPS) is 24.6. The van der Waals surface area contributed by atoms with Crippen LogP contribution in [0.1, 0.15) is 12.0 Å². The number of rotatable bonds is 3. The summed E-state index contributed by atoms with van der Waals surface area (Å²) in [7, 11) is 0. The lowest BCUT2D eigenvalue weighted by molar-refractivity contribution is -0.147. The first-order valence-electron chi connectivity index (χ1n) is 5.31. The number of aliphatic carboxylic acids is 1. The molecule has 1 aromatic carbocycles. The molecule has 4 heteroatoms. The molecular formula is C12H14ClNO2. The predicted octanol–water partition coefficient (Wildman–Crippen LogP) is 1.95. The highest BCUT2D eigenvalue weighted by atomic mass is 35.5. The number of benzene rings is 1. The fourth-order valence-electron chi connectivity index (χ4n) is 2.19. The maximum absolute atomic E-state index is 11.3. The zero-order chi connectivity index (χ0) is 11.6. The molecule has 2 N–H and O–H groups in total. The van der Waals surface area contributed by atoms with Crippen LogP contribution in [0.25, 0.3) is 0 Å². The van der Waals surface area contributed by atoms with Crippen LogP contribution in [0.2, 0.25) is 5.02 Å². The molecule has 0 saturated carbocycles. The Labute approximate surface area is 99.4 Å². The maximum atomic E-state index is 11.3. The molecule has 3 nitrogen and oxygen atoms in total. The molecule has 1 unspecified atom stereocenters. The standard InChI is InChI=1S/C12H14ClNO2/c13-10-3-1-2-9(6-10)7-12(11(15)16)4-5-14-8-12/h1-3,6,14H,4-5,7-8H2,(H,15,16). The highest BCUT2D eigenvalue weighted by Crippen LogP contribution is 2.31. The van der Waals surface area contributed by atoms with Gasteiger partial charge in [0.25, 0.3) is 0 Å². The number of carboxylic acid groups (broad SMARTS) is 1. The van der Waals surface area contributed by atoms with Gasteiger partial charge in [-0.05, 0) is 37.1 Å². The minimum Gasteiger partial charge on any atom is -0.481 e. The Morgan fingerprint density at radius 2 is 2.38 bits per heavy atom. The summed E-state index contributed by atoms with van der Waals surface area (Å²) in [6.45, 7) is 1.31. The molecule has 1 heterocycles. The van der Waals surface area contributed by atoms with Crippen LogP contribution in [-0.2, 0) is 11.2 Å². The summed E-state index contributed by atoms with van der Waals surface area (Å²) in [6, 6.07) is 7.42. The van der Waals surface area contributed by atoms with Crippen molar-refractivity contribution in [2.45, 2.75) is 12.8 Å². The van der Waals surface area contributed by atoms with Gasteiger partial charge in [0, 0.05) is 11.6 Å². The van der Waals surface area contributed by atoms with E-state index in [1.807, 2.05) is 18.2 Å². The second-order valence-corrected chi connectivity index (χ2v) is 4.76. The molecule has 1 aromatic rings. The van der Waals surface area contributed by atoms with E-state index in [9.17, 15) is 9.90 Å². The van der Waals surface area contributed by atoms with Gasteiger partial charge in [0.15, 0.2) is 0 Å². The molecule has 0 aromatic heterocycles. The van der Waals surface area contributed by atoms with Crippen molar-refractivity contribution in [1.29, 1.82) is 0 Å². The summed E-state index contributed by atoms with van der Waals surface area (Å²) >= 11 is 5.89. The number of carboxylic acids is 1. The average Bonchev–Trinajstić information content (AvgIpc) is 2.67. The van der Waals surface area contributed by atoms with Crippen molar-refractivity contribution in [2.24, 2.45) is 5.41 Å². The maximum Gasteiger partial charge on any atom is 0.311 e. The van der Waals surface area contributed by atoms with Crippen molar-refractivity contribution >= 4 is 17.6 Å². The van der Waals surface area contributed by atoms with Gasteiger partial charge in [-0.25, -0.2) is 0 Å². The summed E-state index contributed by atoms with van der Waals surface area (Å²) in [4.78, 5) is 11.3. The molecule has 0 bridgehead atoms. The SMILES string of the molecule is O=C(O)C1(Cc2cccc(Cl)c2)CCNC1. The van der Waals surface area contributed by atoms with Crippen molar-refractivity contribution < 1.29 is 9.90 Å². The van der Waals surface area contributed by atoms with E-state index in [0.29, 0.717) is 24.4 Å². The first-order chi connectivity index (χ1) is 7.62. The monoisotopic (exact) mass is 239 g/mol. The van der Waals surface area contributed by atoms with Crippen LogP contribution >= 0.6 is 11.6 Å². The molecule has 1 saturated heterocycles. The zero-order valence-electron chi connectivity index (χ0n) is 8.87. The summed E-state index contributed by atoms with van der Waals surface area (Å²) < 4.78 is 0.